The van der Waals surface area contributed by atoms with Gasteiger partial charge in [0.05, 0.1) is 6.04 Å². The highest BCUT2D eigenvalue weighted by Crippen LogP contribution is 2.32. The molecule has 1 fully saturated rings. The zero-order chi connectivity index (χ0) is 20.2. The van der Waals surface area contributed by atoms with Crippen molar-refractivity contribution in [2.75, 3.05) is 31.3 Å². The Morgan fingerprint density at radius 3 is 2.79 bits per heavy atom. The smallest absolute Gasteiger partial charge is 0.258 e. The molecule has 0 aliphatic carbocycles. The van der Waals surface area contributed by atoms with E-state index >= 15 is 0 Å². The molecular weight excluding hydrogens is 372 g/mol. The third-order valence-corrected chi connectivity index (χ3v) is 5.02. The molecule has 7 nitrogen and oxygen atoms in total. The fraction of sp³-hybridized carbons (Fsp3) is 0.364. The Hall–Kier alpha value is -3.22. The van der Waals surface area contributed by atoms with Gasteiger partial charge < -0.3 is 24.4 Å². The summed E-state index contributed by atoms with van der Waals surface area (Å²) in [5, 5.41) is 2.93. The first-order valence-corrected chi connectivity index (χ1v) is 9.82. The third-order valence-electron chi connectivity index (χ3n) is 5.02. The summed E-state index contributed by atoms with van der Waals surface area (Å²) in [5.41, 5.74) is 1.73. The number of benzene rings is 2. The minimum absolute atomic E-state index is 0.105. The molecule has 2 aromatic rings. The van der Waals surface area contributed by atoms with Crippen LogP contribution in [0.5, 0.6) is 17.2 Å². The third kappa shape index (κ3) is 4.45. The maximum atomic E-state index is 12.3. The first kappa shape index (κ1) is 19.1. The Balaban J connectivity index is 1.32. The number of hydrogen-bond acceptors (Lipinski definition) is 5. The molecule has 0 unspecified atom stereocenters. The van der Waals surface area contributed by atoms with Gasteiger partial charge in [0.25, 0.3) is 5.91 Å². The Morgan fingerprint density at radius 2 is 2.00 bits per heavy atom. The highest BCUT2D eigenvalue weighted by atomic mass is 16.6. The van der Waals surface area contributed by atoms with Gasteiger partial charge in [0.2, 0.25) is 5.91 Å². The minimum atomic E-state index is -0.227. The lowest BCUT2D eigenvalue weighted by Crippen LogP contribution is -2.31. The molecule has 2 aromatic carbocycles. The quantitative estimate of drug-likeness (QED) is 0.813. The van der Waals surface area contributed by atoms with E-state index in [9.17, 15) is 9.59 Å². The fourth-order valence-electron chi connectivity index (χ4n) is 3.51. The summed E-state index contributed by atoms with van der Waals surface area (Å²) in [6.07, 6.45) is 1.44. The van der Waals surface area contributed by atoms with E-state index in [1.807, 2.05) is 37.3 Å². The van der Waals surface area contributed by atoms with Gasteiger partial charge in [0, 0.05) is 24.7 Å². The molecule has 4 rings (SSSR count). The van der Waals surface area contributed by atoms with E-state index in [0.29, 0.717) is 31.1 Å². The lowest BCUT2D eigenvalue weighted by Gasteiger charge is -2.21. The topological polar surface area (TPSA) is 77.1 Å². The standard InChI is InChI=1S/C22H24N2O5/c1-15(16-7-8-19-20(12-16)28-11-10-27-19)23-21(25)14-29-18-5-2-4-17(13-18)24-9-3-6-22(24)26/h2,4-5,7-8,12-13,15H,3,6,9-11,14H2,1H3,(H,23,25)/t15-/m0/s1. The molecular formula is C22H24N2O5. The van der Waals surface area contributed by atoms with Crippen molar-refractivity contribution in [2.24, 2.45) is 0 Å². The number of carbonyl (C=O) groups excluding carboxylic acids is 2. The van der Waals surface area contributed by atoms with Crippen LogP contribution in [-0.4, -0.2) is 38.2 Å². The summed E-state index contributed by atoms with van der Waals surface area (Å²) < 4.78 is 16.8. The maximum absolute atomic E-state index is 12.3. The van der Waals surface area contributed by atoms with Crippen LogP contribution in [0, 0.1) is 0 Å². The predicted molar refractivity (Wildman–Crippen MR) is 108 cm³/mol. The SMILES string of the molecule is C[C@H](NC(=O)COc1cccc(N2CCCC2=O)c1)c1ccc2c(c1)OCCO2. The second kappa shape index (κ2) is 8.43. The molecule has 1 atom stereocenters. The normalized spacial score (nSPS) is 16.4. The zero-order valence-corrected chi connectivity index (χ0v) is 16.3. The van der Waals surface area contributed by atoms with Crippen molar-refractivity contribution in [3.05, 3.63) is 48.0 Å². The van der Waals surface area contributed by atoms with Crippen molar-refractivity contribution in [1.29, 1.82) is 0 Å². The van der Waals surface area contributed by atoms with Crippen molar-refractivity contribution in [2.45, 2.75) is 25.8 Å². The lowest BCUT2D eigenvalue weighted by molar-refractivity contribution is -0.123. The van der Waals surface area contributed by atoms with Crippen molar-refractivity contribution in [1.82, 2.24) is 5.32 Å². The molecule has 1 N–H and O–H groups in total. The Kier molecular flexibility index (Phi) is 5.55. The Morgan fingerprint density at radius 1 is 1.17 bits per heavy atom. The fourth-order valence-corrected chi connectivity index (χ4v) is 3.51. The number of hydrogen-bond donors (Lipinski definition) is 1. The zero-order valence-electron chi connectivity index (χ0n) is 16.3. The summed E-state index contributed by atoms with van der Waals surface area (Å²) in [6, 6.07) is 12.7. The number of nitrogens with one attached hydrogen (secondary N) is 1. The molecule has 7 heteroatoms. The number of fused-ring (bicyclic) bond motifs is 1. The molecule has 0 saturated carbocycles. The molecule has 0 spiro atoms. The molecule has 0 radical (unpaired) electrons. The van der Waals surface area contributed by atoms with Crippen molar-refractivity contribution in [3.63, 3.8) is 0 Å². The second-order valence-corrected chi connectivity index (χ2v) is 7.13. The van der Waals surface area contributed by atoms with Crippen LogP contribution in [-0.2, 0) is 9.59 Å². The highest BCUT2D eigenvalue weighted by molar-refractivity contribution is 5.95. The van der Waals surface area contributed by atoms with Gasteiger partial charge >= 0.3 is 0 Å². The van der Waals surface area contributed by atoms with Crippen LogP contribution in [0.3, 0.4) is 0 Å². The first-order chi connectivity index (χ1) is 14.1. The van der Waals surface area contributed by atoms with Gasteiger partial charge in [-0.3, -0.25) is 9.59 Å². The Bertz CT molecular complexity index is 914. The van der Waals surface area contributed by atoms with Crippen LogP contribution in [0.4, 0.5) is 5.69 Å². The van der Waals surface area contributed by atoms with Crippen LogP contribution in [0.2, 0.25) is 0 Å². The molecule has 29 heavy (non-hydrogen) atoms. The number of amides is 2. The molecule has 2 aliphatic heterocycles. The van der Waals surface area contributed by atoms with E-state index < -0.39 is 0 Å². The van der Waals surface area contributed by atoms with Crippen molar-refractivity contribution >= 4 is 17.5 Å². The van der Waals surface area contributed by atoms with Gasteiger partial charge in [-0.15, -0.1) is 0 Å². The summed E-state index contributed by atoms with van der Waals surface area (Å²) >= 11 is 0. The first-order valence-electron chi connectivity index (χ1n) is 9.82. The lowest BCUT2D eigenvalue weighted by atomic mass is 10.1. The average molecular weight is 396 g/mol. The van der Waals surface area contributed by atoms with E-state index in [0.717, 1.165) is 30.0 Å². The van der Waals surface area contributed by atoms with Gasteiger partial charge in [-0.2, -0.15) is 0 Å². The van der Waals surface area contributed by atoms with E-state index in [1.54, 1.807) is 17.0 Å². The largest absolute Gasteiger partial charge is 0.486 e. The van der Waals surface area contributed by atoms with E-state index in [4.69, 9.17) is 14.2 Å². The van der Waals surface area contributed by atoms with Crippen molar-refractivity contribution < 1.29 is 23.8 Å². The molecule has 0 aromatic heterocycles. The van der Waals surface area contributed by atoms with E-state index in [-0.39, 0.29) is 24.5 Å². The number of rotatable bonds is 6. The summed E-state index contributed by atoms with van der Waals surface area (Å²) in [4.78, 5) is 26.0. The van der Waals surface area contributed by atoms with Crippen LogP contribution < -0.4 is 24.4 Å². The van der Waals surface area contributed by atoms with Gasteiger partial charge in [-0.25, -0.2) is 0 Å². The molecule has 2 heterocycles. The monoisotopic (exact) mass is 396 g/mol. The maximum Gasteiger partial charge on any atom is 0.258 e. The van der Waals surface area contributed by atoms with Crippen LogP contribution in [0.25, 0.3) is 0 Å². The molecule has 152 valence electrons. The van der Waals surface area contributed by atoms with Crippen molar-refractivity contribution in [3.8, 4) is 17.2 Å². The second-order valence-electron chi connectivity index (χ2n) is 7.13. The highest BCUT2D eigenvalue weighted by Gasteiger charge is 2.22. The number of anilines is 1. The van der Waals surface area contributed by atoms with E-state index in [2.05, 4.69) is 5.32 Å². The van der Waals surface area contributed by atoms with Gasteiger partial charge in [0.15, 0.2) is 18.1 Å². The number of nitrogens with zero attached hydrogens (tertiary/aromatic N) is 1. The number of carbonyl (C=O) groups is 2. The van der Waals surface area contributed by atoms with Gasteiger partial charge in [-0.1, -0.05) is 12.1 Å². The summed E-state index contributed by atoms with van der Waals surface area (Å²) in [5.74, 6) is 1.87. The molecule has 0 bridgehead atoms. The van der Waals surface area contributed by atoms with Crippen LogP contribution in [0.1, 0.15) is 31.4 Å². The van der Waals surface area contributed by atoms with E-state index in [1.165, 1.54) is 0 Å². The predicted octanol–water partition coefficient (Wildman–Crippen LogP) is 2.84. The molecule has 2 aliphatic rings. The number of ether oxygens (including phenoxy) is 3. The summed E-state index contributed by atoms with van der Waals surface area (Å²) in [6.45, 7) is 3.58. The molecule has 2 amide bonds. The minimum Gasteiger partial charge on any atom is -0.486 e. The van der Waals surface area contributed by atoms with Crippen LogP contribution >= 0.6 is 0 Å². The summed E-state index contributed by atoms with van der Waals surface area (Å²) in [7, 11) is 0. The average Bonchev–Trinajstić information content (AvgIpc) is 3.18. The van der Waals surface area contributed by atoms with Gasteiger partial charge in [0.1, 0.15) is 19.0 Å². The Labute approximate surface area is 169 Å². The van der Waals surface area contributed by atoms with Crippen LogP contribution in [0.15, 0.2) is 42.5 Å². The van der Waals surface area contributed by atoms with Gasteiger partial charge in [-0.05, 0) is 43.2 Å². The molecule has 1 saturated heterocycles.